The second kappa shape index (κ2) is 3.77. The summed E-state index contributed by atoms with van der Waals surface area (Å²) in [5.74, 6) is -0.192. The van der Waals surface area contributed by atoms with Crippen LogP contribution in [0.15, 0.2) is 0 Å². The molecule has 1 aliphatic rings. The van der Waals surface area contributed by atoms with Crippen LogP contribution in [0.25, 0.3) is 0 Å². The highest BCUT2D eigenvalue weighted by Gasteiger charge is 2.32. The maximum absolute atomic E-state index is 11.8. The molecule has 0 N–H and O–H groups in total. The lowest BCUT2D eigenvalue weighted by molar-refractivity contribution is 0.0513. The Kier molecular flexibility index (Phi) is 2.58. The molecule has 0 saturated heterocycles. The van der Waals surface area contributed by atoms with E-state index in [4.69, 9.17) is 4.74 Å². The third-order valence-corrected chi connectivity index (χ3v) is 3.14. The first-order chi connectivity index (χ1) is 7.57. The van der Waals surface area contributed by atoms with Crippen molar-refractivity contribution in [2.75, 3.05) is 6.61 Å². The summed E-state index contributed by atoms with van der Waals surface area (Å²) in [6.45, 7) is 4.00. The van der Waals surface area contributed by atoms with Gasteiger partial charge in [0.05, 0.1) is 6.61 Å². The van der Waals surface area contributed by atoms with Gasteiger partial charge in [-0.05, 0) is 25.8 Å². The summed E-state index contributed by atoms with van der Waals surface area (Å²) in [7, 11) is 1.80. The van der Waals surface area contributed by atoms with Gasteiger partial charge in [-0.25, -0.2) is 4.79 Å². The van der Waals surface area contributed by atoms with E-state index in [0.29, 0.717) is 25.1 Å². The second-order valence-corrected chi connectivity index (χ2v) is 3.99. The molecule has 1 aliphatic carbocycles. The van der Waals surface area contributed by atoms with E-state index < -0.39 is 0 Å². The number of nitrogens with zero attached hydrogens (tertiary/aromatic N) is 1. The smallest absolute Gasteiger partial charge is 0.355 e. The molecule has 0 atom stereocenters. The zero-order valence-corrected chi connectivity index (χ0v) is 9.79. The second-order valence-electron chi connectivity index (χ2n) is 3.99. The fourth-order valence-corrected chi connectivity index (χ4v) is 2.31. The fraction of sp³-hybridized carbons (Fsp3) is 0.500. The number of aromatic nitrogens is 1. The van der Waals surface area contributed by atoms with Crippen LogP contribution in [0.1, 0.15) is 45.4 Å². The van der Waals surface area contributed by atoms with Gasteiger partial charge in [-0.15, -0.1) is 0 Å². The van der Waals surface area contributed by atoms with E-state index >= 15 is 0 Å². The normalized spacial score (nSPS) is 14.1. The standard InChI is InChI=1S/C12H15NO3/c1-4-16-12(15)11-8-5-6-9(14)10(8)7(2)13(11)3/h4-6H2,1-3H3. The van der Waals surface area contributed by atoms with Crippen LogP contribution in [0, 0.1) is 6.92 Å². The van der Waals surface area contributed by atoms with Gasteiger partial charge in [-0.1, -0.05) is 0 Å². The van der Waals surface area contributed by atoms with E-state index in [0.717, 1.165) is 16.8 Å². The van der Waals surface area contributed by atoms with E-state index in [1.807, 2.05) is 6.92 Å². The van der Waals surface area contributed by atoms with Gasteiger partial charge in [-0.2, -0.15) is 0 Å². The molecule has 0 spiro atoms. The Bertz CT molecular complexity index is 471. The summed E-state index contributed by atoms with van der Waals surface area (Å²) in [6.07, 6.45) is 1.17. The quantitative estimate of drug-likeness (QED) is 0.713. The van der Waals surface area contributed by atoms with Crippen molar-refractivity contribution in [2.45, 2.75) is 26.7 Å². The van der Waals surface area contributed by atoms with Crippen molar-refractivity contribution in [3.63, 3.8) is 0 Å². The van der Waals surface area contributed by atoms with Crippen LogP contribution in [-0.2, 0) is 18.2 Å². The number of hydrogen-bond acceptors (Lipinski definition) is 3. The Balaban J connectivity index is 2.55. The summed E-state index contributed by atoms with van der Waals surface area (Å²) in [6, 6.07) is 0. The lowest BCUT2D eigenvalue weighted by Gasteiger charge is -2.06. The van der Waals surface area contributed by atoms with Crippen LogP contribution < -0.4 is 0 Å². The van der Waals surface area contributed by atoms with E-state index in [2.05, 4.69) is 0 Å². The number of Topliss-reactive ketones (excluding diaryl/α,β-unsaturated/α-hetero) is 1. The predicted octanol–water partition coefficient (Wildman–Crippen LogP) is 1.64. The Labute approximate surface area is 94.2 Å². The number of ketones is 1. The molecule has 0 bridgehead atoms. The van der Waals surface area contributed by atoms with Crippen LogP contribution in [0.2, 0.25) is 0 Å². The van der Waals surface area contributed by atoms with Crippen molar-refractivity contribution in [1.29, 1.82) is 0 Å². The van der Waals surface area contributed by atoms with Gasteiger partial charge in [0.15, 0.2) is 5.78 Å². The molecule has 86 valence electrons. The molecule has 0 saturated carbocycles. The van der Waals surface area contributed by atoms with E-state index in [1.54, 1.807) is 18.5 Å². The molecule has 0 radical (unpaired) electrons. The third-order valence-electron chi connectivity index (χ3n) is 3.14. The molecular weight excluding hydrogens is 206 g/mol. The van der Waals surface area contributed by atoms with Crippen LogP contribution in [0.5, 0.6) is 0 Å². The molecule has 0 fully saturated rings. The number of hydrogen-bond donors (Lipinski definition) is 0. The van der Waals surface area contributed by atoms with Crippen LogP contribution >= 0.6 is 0 Å². The molecule has 0 unspecified atom stereocenters. The number of ether oxygens (including phenoxy) is 1. The molecule has 1 heterocycles. The Morgan fingerprint density at radius 1 is 1.44 bits per heavy atom. The average Bonchev–Trinajstić information content (AvgIpc) is 2.70. The molecule has 16 heavy (non-hydrogen) atoms. The van der Waals surface area contributed by atoms with Crippen LogP contribution in [-0.4, -0.2) is 22.9 Å². The summed E-state index contributed by atoms with van der Waals surface area (Å²) < 4.78 is 6.78. The van der Waals surface area contributed by atoms with Crippen LogP contribution in [0.4, 0.5) is 0 Å². The summed E-state index contributed by atoms with van der Waals surface area (Å²) in [5, 5.41) is 0. The highest BCUT2D eigenvalue weighted by Crippen LogP contribution is 2.30. The lowest BCUT2D eigenvalue weighted by atomic mass is 10.1. The number of carbonyl (C=O) groups excluding carboxylic acids is 2. The predicted molar refractivity (Wildman–Crippen MR) is 58.8 cm³/mol. The zero-order valence-electron chi connectivity index (χ0n) is 9.79. The average molecular weight is 221 g/mol. The Morgan fingerprint density at radius 3 is 2.75 bits per heavy atom. The highest BCUT2D eigenvalue weighted by atomic mass is 16.5. The minimum atomic E-state index is -0.330. The van der Waals surface area contributed by atoms with Gasteiger partial charge in [0.1, 0.15) is 5.69 Å². The molecule has 2 rings (SSSR count). The molecule has 1 aromatic heterocycles. The maximum Gasteiger partial charge on any atom is 0.355 e. The van der Waals surface area contributed by atoms with Gasteiger partial charge in [0, 0.05) is 24.7 Å². The number of carbonyl (C=O) groups is 2. The van der Waals surface area contributed by atoms with Gasteiger partial charge < -0.3 is 9.30 Å². The van der Waals surface area contributed by atoms with Crippen molar-refractivity contribution in [2.24, 2.45) is 7.05 Å². The number of rotatable bonds is 2. The van der Waals surface area contributed by atoms with E-state index in [9.17, 15) is 9.59 Å². The lowest BCUT2D eigenvalue weighted by Crippen LogP contribution is -2.12. The Morgan fingerprint density at radius 2 is 2.12 bits per heavy atom. The molecule has 0 aliphatic heterocycles. The minimum absolute atomic E-state index is 0.138. The monoisotopic (exact) mass is 221 g/mol. The largest absolute Gasteiger partial charge is 0.461 e. The molecule has 0 amide bonds. The zero-order chi connectivity index (χ0) is 11.9. The van der Waals surface area contributed by atoms with Gasteiger partial charge in [0.25, 0.3) is 0 Å². The summed E-state index contributed by atoms with van der Waals surface area (Å²) in [5.41, 5.74) is 3.00. The molecular formula is C12H15NO3. The SMILES string of the molecule is CCOC(=O)c1c2c(c(C)n1C)C(=O)CC2. The number of fused-ring (bicyclic) bond motifs is 1. The highest BCUT2D eigenvalue weighted by molar-refractivity contribution is 6.05. The fourth-order valence-electron chi connectivity index (χ4n) is 2.31. The third kappa shape index (κ3) is 1.37. The first-order valence-corrected chi connectivity index (χ1v) is 5.46. The Hall–Kier alpha value is -1.58. The van der Waals surface area contributed by atoms with Crippen molar-refractivity contribution in [3.05, 3.63) is 22.5 Å². The summed E-state index contributed by atoms with van der Waals surface area (Å²) >= 11 is 0. The topological polar surface area (TPSA) is 48.3 Å². The molecule has 0 aromatic carbocycles. The van der Waals surface area contributed by atoms with Gasteiger partial charge in [0.2, 0.25) is 0 Å². The van der Waals surface area contributed by atoms with E-state index in [-0.39, 0.29) is 11.8 Å². The first kappa shape index (κ1) is 10.9. The van der Waals surface area contributed by atoms with Crippen molar-refractivity contribution >= 4 is 11.8 Å². The molecule has 4 nitrogen and oxygen atoms in total. The molecule has 4 heteroatoms. The first-order valence-electron chi connectivity index (χ1n) is 5.46. The van der Waals surface area contributed by atoms with Crippen molar-refractivity contribution in [1.82, 2.24) is 4.57 Å². The summed E-state index contributed by atoms with van der Waals surface area (Å²) in [4.78, 5) is 23.5. The van der Waals surface area contributed by atoms with E-state index in [1.165, 1.54) is 0 Å². The van der Waals surface area contributed by atoms with Crippen molar-refractivity contribution < 1.29 is 14.3 Å². The maximum atomic E-state index is 11.8. The van der Waals surface area contributed by atoms with Gasteiger partial charge >= 0.3 is 5.97 Å². The minimum Gasteiger partial charge on any atom is -0.461 e. The van der Waals surface area contributed by atoms with Gasteiger partial charge in [-0.3, -0.25) is 4.79 Å². The van der Waals surface area contributed by atoms with Crippen LogP contribution in [0.3, 0.4) is 0 Å². The molecule has 1 aromatic rings. The number of esters is 1. The van der Waals surface area contributed by atoms with Crippen molar-refractivity contribution in [3.8, 4) is 0 Å².